The predicted molar refractivity (Wildman–Crippen MR) is 87.1 cm³/mol. The first kappa shape index (κ1) is 17.7. The van der Waals surface area contributed by atoms with Crippen molar-refractivity contribution in [3.05, 3.63) is 22.4 Å². The van der Waals surface area contributed by atoms with Gasteiger partial charge >= 0.3 is 0 Å². The molecule has 0 aliphatic heterocycles. The Bertz CT molecular complexity index is 403. The molecule has 1 aromatic rings. The molecule has 0 aliphatic carbocycles. The normalized spacial score (nSPS) is 18.9. The van der Waals surface area contributed by atoms with Crippen LogP contribution in [0.4, 0.5) is 0 Å². The van der Waals surface area contributed by atoms with Gasteiger partial charge in [-0.3, -0.25) is 0 Å². The van der Waals surface area contributed by atoms with Gasteiger partial charge in [-0.05, 0) is 55.9 Å². The zero-order valence-electron chi connectivity index (χ0n) is 13.7. The molecule has 0 fully saturated rings. The van der Waals surface area contributed by atoms with E-state index in [0.717, 1.165) is 6.42 Å². The lowest BCUT2D eigenvalue weighted by Gasteiger charge is -2.45. The maximum Gasteiger partial charge on any atom is 0.0674 e. The maximum absolute atomic E-state index is 10.9. The summed E-state index contributed by atoms with van der Waals surface area (Å²) in [6, 6.07) is 4.15. The van der Waals surface area contributed by atoms with Crippen LogP contribution in [0.25, 0.3) is 0 Å². The van der Waals surface area contributed by atoms with E-state index in [1.165, 1.54) is 4.88 Å². The third kappa shape index (κ3) is 4.31. The molecule has 1 heterocycles. The fourth-order valence-electron chi connectivity index (χ4n) is 2.45. The minimum Gasteiger partial charge on any atom is -0.390 e. The third-order valence-electron chi connectivity index (χ3n) is 4.94. The van der Waals surface area contributed by atoms with E-state index in [9.17, 15) is 10.2 Å². The molecule has 0 saturated heterocycles. The second-order valence-electron chi connectivity index (χ2n) is 7.43. The van der Waals surface area contributed by atoms with Gasteiger partial charge in [-0.1, -0.05) is 33.8 Å². The lowest BCUT2D eigenvalue weighted by atomic mass is 9.66. The molecule has 2 N–H and O–H groups in total. The molecule has 2 atom stereocenters. The first-order chi connectivity index (χ1) is 8.98. The predicted octanol–water partition coefficient (Wildman–Crippen LogP) is 4.26. The van der Waals surface area contributed by atoms with Crippen LogP contribution in [-0.2, 0) is 6.42 Å². The molecule has 116 valence electrons. The summed E-state index contributed by atoms with van der Waals surface area (Å²) < 4.78 is 0. The van der Waals surface area contributed by atoms with Crippen LogP contribution in [0.15, 0.2) is 17.5 Å². The quantitative estimate of drug-likeness (QED) is 0.790. The van der Waals surface area contributed by atoms with E-state index < -0.39 is 11.2 Å². The molecule has 3 heteroatoms. The SMILES string of the molecule is CC(C)C(C)(O)CC(C)(C)C(C)(O)CCc1cccs1. The molecular formula is C17H30O2S. The number of thiophene rings is 1. The van der Waals surface area contributed by atoms with E-state index in [0.29, 0.717) is 12.8 Å². The van der Waals surface area contributed by atoms with E-state index in [1.54, 1.807) is 11.3 Å². The van der Waals surface area contributed by atoms with Crippen LogP contribution in [-0.4, -0.2) is 21.4 Å². The highest BCUT2D eigenvalue weighted by Gasteiger charge is 2.44. The summed E-state index contributed by atoms with van der Waals surface area (Å²) in [5, 5.41) is 23.5. The topological polar surface area (TPSA) is 40.5 Å². The van der Waals surface area contributed by atoms with Crippen molar-refractivity contribution < 1.29 is 10.2 Å². The first-order valence-corrected chi connectivity index (χ1v) is 8.33. The molecule has 0 aliphatic rings. The molecule has 0 amide bonds. The summed E-state index contributed by atoms with van der Waals surface area (Å²) in [4.78, 5) is 1.30. The molecule has 0 spiro atoms. The molecule has 2 nitrogen and oxygen atoms in total. The highest BCUT2D eigenvalue weighted by atomic mass is 32.1. The minimum absolute atomic E-state index is 0.176. The Morgan fingerprint density at radius 1 is 1.15 bits per heavy atom. The van der Waals surface area contributed by atoms with Crippen LogP contribution in [0.1, 0.15) is 59.3 Å². The molecule has 0 aromatic carbocycles. The van der Waals surface area contributed by atoms with E-state index in [1.807, 2.05) is 33.8 Å². The Labute approximate surface area is 127 Å². The molecular weight excluding hydrogens is 268 g/mol. The highest BCUT2D eigenvalue weighted by molar-refractivity contribution is 7.09. The minimum atomic E-state index is -0.796. The van der Waals surface area contributed by atoms with Crippen molar-refractivity contribution in [2.24, 2.45) is 11.3 Å². The second kappa shape index (κ2) is 6.17. The fourth-order valence-corrected chi connectivity index (χ4v) is 3.16. The summed E-state index contributed by atoms with van der Waals surface area (Å²) in [5.41, 5.74) is -1.88. The van der Waals surface area contributed by atoms with Gasteiger partial charge < -0.3 is 10.2 Å². The van der Waals surface area contributed by atoms with Gasteiger partial charge in [0.1, 0.15) is 0 Å². The number of aliphatic hydroxyl groups is 2. The average Bonchev–Trinajstić information content (AvgIpc) is 2.77. The zero-order chi connectivity index (χ0) is 15.6. The van der Waals surface area contributed by atoms with E-state index in [2.05, 4.69) is 25.3 Å². The molecule has 1 rings (SSSR count). The summed E-state index contributed by atoms with van der Waals surface area (Å²) >= 11 is 1.73. The highest BCUT2D eigenvalue weighted by Crippen LogP contribution is 2.42. The van der Waals surface area contributed by atoms with Gasteiger partial charge in [0.15, 0.2) is 0 Å². The number of aryl methyl sites for hydroxylation is 1. The smallest absolute Gasteiger partial charge is 0.0674 e. The van der Waals surface area contributed by atoms with Crippen molar-refractivity contribution in [3.63, 3.8) is 0 Å². The summed E-state index contributed by atoms with van der Waals surface area (Å²) in [6.45, 7) is 11.9. The van der Waals surface area contributed by atoms with Crippen molar-refractivity contribution in [1.82, 2.24) is 0 Å². The Morgan fingerprint density at radius 3 is 2.20 bits per heavy atom. The first-order valence-electron chi connectivity index (χ1n) is 7.45. The lowest BCUT2D eigenvalue weighted by molar-refractivity contribution is -0.111. The van der Waals surface area contributed by atoms with Gasteiger partial charge in [-0.15, -0.1) is 11.3 Å². The Hall–Kier alpha value is -0.380. The van der Waals surface area contributed by atoms with Crippen molar-refractivity contribution in [3.8, 4) is 0 Å². The number of hydrogen-bond acceptors (Lipinski definition) is 3. The second-order valence-corrected chi connectivity index (χ2v) is 8.46. The summed E-state index contributed by atoms with van der Waals surface area (Å²) in [7, 11) is 0. The van der Waals surface area contributed by atoms with Gasteiger partial charge in [0.2, 0.25) is 0 Å². The molecule has 0 radical (unpaired) electrons. The van der Waals surface area contributed by atoms with Crippen LogP contribution >= 0.6 is 11.3 Å². The van der Waals surface area contributed by atoms with Crippen LogP contribution in [0.3, 0.4) is 0 Å². The average molecular weight is 298 g/mol. The zero-order valence-corrected chi connectivity index (χ0v) is 14.5. The van der Waals surface area contributed by atoms with Gasteiger partial charge in [0, 0.05) is 4.88 Å². The van der Waals surface area contributed by atoms with E-state index in [-0.39, 0.29) is 11.3 Å². The van der Waals surface area contributed by atoms with Gasteiger partial charge in [-0.2, -0.15) is 0 Å². The van der Waals surface area contributed by atoms with Crippen molar-refractivity contribution in [2.75, 3.05) is 0 Å². The van der Waals surface area contributed by atoms with Crippen LogP contribution in [0, 0.1) is 11.3 Å². The summed E-state index contributed by atoms with van der Waals surface area (Å²) in [5.74, 6) is 0.176. The molecule has 20 heavy (non-hydrogen) atoms. The number of hydrogen-bond donors (Lipinski definition) is 2. The Kier molecular flexibility index (Phi) is 5.45. The Morgan fingerprint density at radius 2 is 1.75 bits per heavy atom. The lowest BCUT2D eigenvalue weighted by Crippen LogP contribution is -2.48. The summed E-state index contributed by atoms with van der Waals surface area (Å²) in [6.07, 6.45) is 2.20. The van der Waals surface area contributed by atoms with Crippen molar-refractivity contribution >= 4 is 11.3 Å². The van der Waals surface area contributed by atoms with Gasteiger partial charge in [0.25, 0.3) is 0 Å². The van der Waals surface area contributed by atoms with Gasteiger partial charge in [0.05, 0.1) is 11.2 Å². The van der Waals surface area contributed by atoms with E-state index in [4.69, 9.17) is 0 Å². The molecule has 0 saturated carbocycles. The van der Waals surface area contributed by atoms with Gasteiger partial charge in [-0.25, -0.2) is 0 Å². The number of rotatable bonds is 7. The van der Waals surface area contributed by atoms with Crippen molar-refractivity contribution in [1.29, 1.82) is 0 Å². The maximum atomic E-state index is 10.9. The molecule has 0 bridgehead atoms. The molecule has 1 aromatic heterocycles. The largest absolute Gasteiger partial charge is 0.390 e. The molecule has 2 unspecified atom stereocenters. The van der Waals surface area contributed by atoms with Crippen molar-refractivity contribution in [2.45, 2.75) is 72.0 Å². The van der Waals surface area contributed by atoms with Crippen LogP contribution in [0.2, 0.25) is 0 Å². The van der Waals surface area contributed by atoms with Crippen LogP contribution in [0.5, 0.6) is 0 Å². The third-order valence-corrected chi connectivity index (χ3v) is 5.88. The Balaban J connectivity index is 2.72. The monoisotopic (exact) mass is 298 g/mol. The standard InChI is InChI=1S/C17H30O2S/c1-13(2)16(5,18)12-15(3,4)17(6,19)10-9-14-8-7-11-20-14/h7-8,11,13,18-19H,9-10,12H2,1-6H3. The fraction of sp³-hybridized carbons (Fsp3) is 0.765. The van der Waals surface area contributed by atoms with Crippen LogP contribution < -0.4 is 0 Å². The van der Waals surface area contributed by atoms with E-state index >= 15 is 0 Å².